The van der Waals surface area contributed by atoms with E-state index in [-0.39, 0.29) is 10.8 Å². The van der Waals surface area contributed by atoms with Gasteiger partial charge in [-0.05, 0) is 126 Å². The molecule has 0 saturated heterocycles. The van der Waals surface area contributed by atoms with Gasteiger partial charge >= 0.3 is 0 Å². The van der Waals surface area contributed by atoms with Gasteiger partial charge in [-0.3, -0.25) is 0 Å². The number of thioether (sulfide) groups is 2. The fraction of sp³-hybridized carbons (Fsp3) is 0.415. The van der Waals surface area contributed by atoms with Crippen molar-refractivity contribution < 1.29 is 0 Å². The molecule has 0 bridgehead atoms. The number of hydrogen-bond acceptors (Lipinski definition) is 2. The Kier molecular flexibility index (Phi) is 5.68. The predicted molar refractivity (Wildman–Crippen MR) is 186 cm³/mol. The predicted octanol–water partition coefficient (Wildman–Crippen LogP) is 12.0. The van der Waals surface area contributed by atoms with Crippen molar-refractivity contribution in [2.75, 3.05) is 0 Å². The maximum absolute atomic E-state index is 2.55. The standard InChI is InChI=1S/C41H42S2/c1-38-17-5-7-19-40(38,3)42-36-15-11-28(24-34(36)38)26-9-13-32-30(21-26)23-31-22-27(10-14-33(31)32)29-12-16-37-35(25-29)39(2)18-6-8-20-41(39,4)43-37/h9-16,21-22,24-25H,5-8,17-20,23H2,1-4H3. The van der Waals surface area contributed by atoms with Crippen LogP contribution in [-0.4, -0.2) is 9.49 Å². The summed E-state index contributed by atoms with van der Waals surface area (Å²) in [4.78, 5) is 3.04. The number of benzene rings is 4. The Morgan fingerprint density at radius 1 is 0.465 bits per heavy atom. The maximum atomic E-state index is 2.55. The zero-order valence-electron chi connectivity index (χ0n) is 26.1. The normalized spacial score (nSPS) is 31.5. The quantitative estimate of drug-likeness (QED) is 0.198. The molecule has 4 aromatic rings. The smallest absolute Gasteiger partial charge is 0.0273 e. The average Bonchev–Trinajstić information content (AvgIpc) is 3.57. The zero-order chi connectivity index (χ0) is 29.2. The van der Waals surface area contributed by atoms with E-state index >= 15 is 0 Å². The van der Waals surface area contributed by atoms with Gasteiger partial charge in [0.15, 0.2) is 0 Å². The Labute approximate surface area is 266 Å². The van der Waals surface area contributed by atoms with Gasteiger partial charge in [-0.15, -0.1) is 23.5 Å². The Bertz CT molecular complexity index is 1700. The molecule has 43 heavy (non-hydrogen) atoms. The second-order valence-electron chi connectivity index (χ2n) is 15.1. The van der Waals surface area contributed by atoms with Crippen LogP contribution in [0.1, 0.15) is 101 Å². The van der Waals surface area contributed by atoms with Crippen LogP contribution in [0.25, 0.3) is 33.4 Å². The first-order chi connectivity index (χ1) is 20.7. The number of hydrogen-bond donors (Lipinski definition) is 0. The van der Waals surface area contributed by atoms with Gasteiger partial charge in [-0.2, -0.15) is 0 Å². The third-order valence-electron chi connectivity index (χ3n) is 12.9. The van der Waals surface area contributed by atoms with E-state index in [0.29, 0.717) is 9.49 Å². The van der Waals surface area contributed by atoms with E-state index in [2.05, 4.69) is 124 Å². The molecule has 218 valence electrons. The van der Waals surface area contributed by atoms with Crippen molar-refractivity contribution in [2.45, 2.75) is 116 Å². The zero-order valence-corrected chi connectivity index (χ0v) is 27.7. The number of fused-ring (bicyclic) bond motifs is 9. The molecule has 9 rings (SSSR count). The van der Waals surface area contributed by atoms with Gasteiger partial charge in [0, 0.05) is 30.1 Å². The van der Waals surface area contributed by atoms with E-state index in [4.69, 9.17) is 0 Å². The van der Waals surface area contributed by atoms with E-state index < -0.39 is 0 Å². The van der Waals surface area contributed by atoms with Crippen LogP contribution >= 0.6 is 23.5 Å². The van der Waals surface area contributed by atoms with Crippen molar-refractivity contribution >= 4 is 23.5 Å². The van der Waals surface area contributed by atoms with E-state index in [0.717, 1.165) is 6.42 Å². The summed E-state index contributed by atoms with van der Waals surface area (Å²) in [5, 5.41) is 0. The molecule has 0 radical (unpaired) electrons. The van der Waals surface area contributed by atoms with Crippen LogP contribution in [-0.2, 0) is 17.3 Å². The molecule has 2 heteroatoms. The third kappa shape index (κ3) is 3.66. The molecule has 0 N–H and O–H groups in total. The molecule has 4 unspecified atom stereocenters. The molecule has 0 amide bonds. The Morgan fingerprint density at radius 2 is 0.860 bits per heavy atom. The fourth-order valence-electron chi connectivity index (χ4n) is 9.64. The molecule has 0 aromatic heterocycles. The second-order valence-corrected chi connectivity index (χ2v) is 18.2. The van der Waals surface area contributed by atoms with Gasteiger partial charge in [0.2, 0.25) is 0 Å². The summed E-state index contributed by atoms with van der Waals surface area (Å²) in [7, 11) is 0. The lowest BCUT2D eigenvalue weighted by atomic mass is 9.64. The summed E-state index contributed by atoms with van der Waals surface area (Å²) in [5.74, 6) is 0. The minimum Gasteiger partial charge on any atom is -0.118 e. The summed E-state index contributed by atoms with van der Waals surface area (Å²) >= 11 is 4.29. The molecule has 4 aromatic carbocycles. The molecule has 0 nitrogen and oxygen atoms in total. The van der Waals surface area contributed by atoms with E-state index in [1.54, 1.807) is 11.1 Å². The van der Waals surface area contributed by atoms with Crippen LogP contribution in [0.5, 0.6) is 0 Å². The van der Waals surface area contributed by atoms with Crippen LogP contribution in [0, 0.1) is 0 Å². The first kappa shape index (κ1) is 26.9. The second kappa shape index (κ2) is 9.07. The lowest BCUT2D eigenvalue weighted by Gasteiger charge is -2.45. The lowest BCUT2D eigenvalue weighted by Crippen LogP contribution is -2.43. The molecule has 2 saturated carbocycles. The fourth-order valence-corrected chi connectivity index (χ4v) is 13.0. The summed E-state index contributed by atoms with van der Waals surface area (Å²) in [6.45, 7) is 10.1. The van der Waals surface area contributed by atoms with E-state index in [9.17, 15) is 0 Å². The highest BCUT2D eigenvalue weighted by Gasteiger charge is 2.54. The van der Waals surface area contributed by atoms with E-state index in [1.807, 2.05) is 0 Å². The first-order valence-electron chi connectivity index (χ1n) is 16.6. The van der Waals surface area contributed by atoms with Crippen LogP contribution in [0.3, 0.4) is 0 Å². The van der Waals surface area contributed by atoms with E-state index in [1.165, 1.54) is 106 Å². The van der Waals surface area contributed by atoms with Crippen LogP contribution in [0.4, 0.5) is 0 Å². The molecular weight excluding hydrogens is 557 g/mol. The largest absolute Gasteiger partial charge is 0.118 e. The highest BCUT2D eigenvalue weighted by molar-refractivity contribution is 8.01. The van der Waals surface area contributed by atoms with Crippen molar-refractivity contribution in [1.82, 2.24) is 0 Å². The van der Waals surface area contributed by atoms with Crippen LogP contribution < -0.4 is 0 Å². The van der Waals surface area contributed by atoms with Crippen molar-refractivity contribution in [3.8, 4) is 33.4 Å². The Hall–Kier alpha value is -2.42. The average molecular weight is 599 g/mol. The van der Waals surface area contributed by atoms with Crippen LogP contribution in [0.2, 0.25) is 0 Å². The van der Waals surface area contributed by atoms with Gasteiger partial charge in [0.05, 0.1) is 0 Å². The van der Waals surface area contributed by atoms with Gasteiger partial charge in [0.1, 0.15) is 0 Å². The molecule has 0 spiro atoms. The topological polar surface area (TPSA) is 0 Å². The highest BCUT2D eigenvalue weighted by atomic mass is 32.2. The molecule has 2 heterocycles. The molecule has 2 aliphatic heterocycles. The summed E-state index contributed by atoms with van der Waals surface area (Å²) in [5.41, 5.74) is 15.1. The first-order valence-corrected chi connectivity index (χ1v) is 18.3. The third-order valence-corrected chi connectivity index (χ3v) is 16.2. The summed E-state index contributed by atoms with van der Waals surface area (Å²) in [6, 6.07) is 29.2. The van der Waals surface area contributed by atoms with Gasteiger partial charge in [0.25, 0.3) is 0 Å². The molecule has 4 atom stereocenters. The number of rotatable bonds is 2. The molecule has 5 aliphatic rings. The van der Waals surface area contributed by atoms with Gasteiger partial charge in [-0.1, -0.05) is 88.1 Å². The lowest BCUT2D eigenvalue weighted by molar-refractivity contribution is 0.260. The monoisotopic (exact) mass is 598 g/mol. The summed E-state index contributed by atoms with van der Waals surface area (Å²) < 4.78 is 0.684. The Morgan fingerprint density at radius 3 is 1.33 bits per heavy atom. The highest BCUT2D eigenvalue weighted by Crippen LogP contribution is 2.64. The SMILES string of the molecule is CC12CCCCC1(C)c1cc(-c3ccc4c(c3)Cc3cc(-c5ccc6c(c5)C5(C)CCCCC5(C)S6)ccc3-4)ccc1S2. The summed E-state index contributed by atoms with van der Waals surface area (Å²) in [6.07, 6.45) is 11.8. The minimum absolute atomic E-state index is 0.286. The van der Waals surface area contributed by atoms with Crippen LogP contribution in [0.15, 0.2) is 82.6 Å². The molecule has 2 fully saturated rings. The maximum Gasteiger partial charge on any atom is 0.0273 e. The molecular formula is C41H42S2. The minimum atomic E-state index is 0.286. The van der Waals surface area contributed by atoms with Crippen molar-refractivity contribution in [2.24, 2.45) is 0 Å². The van der Waals surface area contributed by atoms with Gasteiger partial charge in [-0.25, -0.2) is 0 Å². The molecule has 3 aliphatic carbocycles. The Balaban J connectivity index is 1.03. The van der Waals surface area contributed by atoms with Crippen molar-refractivity contribution in [3.05, 3.63) is 95.1 Å². The van der Waals surface area contributed by atoms with Gasteiger partial charge < -0.3 is 0 Å². The van der Waals surface area contributed by atoms with Crippen molar-refractivity contribution in [1.29, 1.82) is 0 Å². The van der Waals surface area contributed by atoms with Crippen molar-refractivity contribution in [3.63, 3.8) is 0 Å².